The van der Waals surface area contributed by atoms with Gasteiger partial charge < -0.3 is 15.6 Å². The topological polar surface area (TPSA) is 110 Å². The molecule has 2 rings (SSSR count). The number of nitrogens with two attached hydrogens (primary N) is 1. The Kier molecular flexibility index (Phi) is 10.5. The number of aliphatic carboxylic acids is 1. The van der Waals surface area contributed by atoms with Crippen LogP contribution >= 0.6 is 23.5 Å². The Hall–Kier alpha value is -0.770. The zero-order valence-electron chi connectivity index (χ0n) is 18.1. The molecule has 3 N–H and O–H groups in total. The van der Waals surface area contributed by atoms with E-state index in [2.05, 4.69) is 0 Å². The third-order valence-corrected chi connectivity index (χ3v) is 8.63. The monoisotopic (exact) mass is 460 g/mol. The summed E-state index contributed by atoms with van der Waals surface area (Å²) in [5.41, 5.74) is 4.04. The Morgan fingerprint density at radius 3 is 2.50 bits per heavy atom. The number of ether oxygens (including phenoxy) is 1. The van der Waals surface area contributed by atoms with Gasteiger partial charge in [-0.3, -0.25) is 14.5 Å². The lowest BCUT2D eigenvalue weighted by Gasteiger charge is -2.38. The number of carboxylic acids is 1. The molecular formula is C21H36N2O5S2. The summed E-state index contributed by atoms with van der Waals surface area (Å²) in [6, 6.07) is -1.68. The second-order valence-electron chi connectivity index (χ2n) is 8.09. The number of Topliss-reactive ketones (excluding diaryl/α,β-unsaturated/α-hetero) is 1. The molecule has 2 fully saturated rings. The van der Waals surface area contributed by atoms with E-state index in [1.165, 1.54) is 39.0 Å². The number of esters is 1. The fourth-order valence-corrected chi connectivity index (χ4v) is 7.02. The maximum atomic E-state index is 12.8. The number of carbonyl (C=O) groups is 3. The quantitative estimate of drug-likeness (QED) is 0.258. The van der Waals surface area contributed by atoms with Crippen LogP contribution < -0.4 is 5.73 Å². The Morgan fingerprint density at radius 2 is 1.90 bits per heavy atom. The molecule has 0 aromatic rings. The summed E-state index contributed by atoms with van der Waals surface area (Å²) in [5.74, 6) is 0.0645. The lowest BCUT2D eigenvalue weighted by atomic mass is 9.86. The summed E-state index contributed by atoms with van der Waals surface area (Å²) in [7, 11) is 0. The van der Waals surface area contributed by atoms with E-state index in [0.717, 1.165) is 16.8 Å². The van der Waals surface area contributed by atoms with E-state index < -0.39 is 35.3 Å². The van der Waals surface area contributed by atoms with E-state index in [9.17, 15) is 19.5 Å². The van der Waals surface area contributed by atoms with Gasteiger partial charge in [0.1, 0.15) is 6.04 Å². The summed E-state index contributed by atoms with van der Waals surface area (Å²) >= 11 is 3.62. The minimum Gasteiger partial charge on any atom is -0.480 e. The van der Waals surface area contributed by atoms with Crippen molar-refractivity contribution in [2.75, 3.05) is 30.4 Å². The molecule has 0 spiro atoms. The van der Waals surface area contributed by atoms with Crippen LogP contribution in [0.3, 0.4) is 0 Å². The molecule has 0 aromatic carbocycles. The summed E-state index contributed by atoms with van der Waals surface area (Å²) in [6.07, 6.45) is 7.24. The highest BCUT2D eigenvalue weighted by Crippen LogP contribution is 2.35. The highest BCUT2D eigenvalue weighted by molar-refractivity contribution is 8.03. The molecular weight excluding hydrogens is 424 g/mol. The number of carboxylic acid groups (broad SMARTS) is 1. The molecule has 1 saturated heterocycles. The normalized spacial score (nSPS) is 25.0. The molecule has 9 heteroatoms. The molecule has 1 heterocycles. The fraction of sp³-hybridized carbons (Fsp3) is 0.857. The molecule has 3 atom stereocenters. The molecule has 1 saturated carbocycles. The smallest absolute Gasteiger partial charge is 0.332 e. The van der Waals surface area contributed by atoms with E-state index in [-0.39, 0.29) is 13.0 Å². The summed E-state index contributed by atoms with van der Waals surface area (Å²) in [4.78, 5) is 39.3. The van der Waals surface area contributed by atoms with Gasteiger partial charge in [0.25, 0.3) is 0 Å². The molecule has 2 aliphatic rings. The van der Waals surface area contributed by atoms with Gasteiger partial charge in [0.2, 0.25) is 0 Å². The molecule has 1 aliphatic carbocycles. The maximum Gasteiger partial charge on any atom is 0.332 e. The maximum absolute atomic E-state index is 12.8. The number of thioether (sulfide) groups is 2. The number of hydrogen-bond donors (Lipinski definition) is 2. The first kappa shape index (κ1) is 25.5. The van der Waals surface area contributed by atoms with Crippen molar-refractivity contribution in [2.24, 2.45) is 5.73 Å². The van der Waals surface area contributed by atoms with Crippen molar-refractivity contribution in [1.82, 2.24) is 4.90 Å². The molecule has 0 bridgehead atoms. The molecule has 2 unspecified atom stereocenters. The summed E-state index contributed by atoms with van der Waals surface area (Å²) < 4.78 is 5.25. The minimum atomic E-state index is -1.75. The van der Waals surface area contributed by atoms with Crippen LogP contribution in [0.25, 0.3) is 0 Å². The van der Waals surface area contributed by atoms with Crippen molar-refractivity contribution in [1.29, 1.82) is 0 Å². The van der Waals surface area contributed by atoms with Crippen molar-refractivity contribution in [3.8, 4) is 0 Å². The first-order valence-electron chi connectivity index (χ1n) is 11.0. The number of carbonyl (C=O) groups excluding carboxylic acids is 2. The van der Waals surface area contributed by atoms with Crippen LogP contribution in [0, 0.1) is 0 Å². The van der Waals surface area contributed by atoms with Gasteiger partial charge in [-0.2, -0.15) is 23.5 Å². The number of likely N-dealkylation sites (tertiary alicyclic amines) is 1. The van der Waals surface area contributed by atoms with Crippen molar-refractivity contribution in [3.63, 3.8) is 0 Å². The van der Waals surface area contributed by atoms with Crippen molar-refractivity contribution in [3.05, 3.63) is 0 Å². The zero-order chi connectivity index (χ0) is 22.1. The van der Waals surface area contributed by atoms with Gasteiger partial charge >= 0.3 is 11.9 Å². The van der Waals surface area contributed by atoms with E-state index in [0.29, 0.717) is 18.7 Å². The molecule has 172 valence electrons. The summed E-state index contributed by atoms with van der Waals surface area (Å²) in [5, 5.41) is 10.7. The minimum absolute atomic E-state index is 0.167. The predicted molar refractivity (Wildman–Crippen MR) is 122 cm³/mol. The second-order valence-corrected chi connectivity index (χ2v) is 10.6. The number of ketones is 1. The van der Waals surface area contributed by atoms with Crippen LogP contribution in [-0.4, -0.2) is 81.0 Å². The van der Waals surface area contributed by atoms with E-state index in [1.807, 2.05) is 11.8 Å². The first-order chi connectivity index (χ1) is 14.3. The largest absolute Gasteiger partial charge is 0.480 e. The van der Waals surface area contributed by atoms with Gasteiger partial charge in [-0.15, -0.1) is 0 Å². The molecule has 1 aliphatic heterocycles. The van der Waals surface area contributed by atoms with Gasteiger partial charge in [0.05, 0.1) is 12.6 Å². The molecule has 0 aromatic heterocycles. The fourth-order valence-electron chi connectivity index (χ4n) is 4.46. The third kappa shape index (κ3) is 6.14. The first-order valence-corrected chi connectivity index (χ1v) is 13.2. The Balaban J connectivity index is 2.04. The third-order valence-electron chi connectivity index (χ3n) is 5.95. The summed E-state index contributed by atoms with van der Waals surface area (Å²) in [6.45, 7) is 3.81. The SMILES string of the molecule is CCOC(=O)[C@H](CSCCSC1CCCCC1)N1CCCC1(C(=O)O)C(=O)C(C)N. The van der Waals surface area contributed by atoms with Crippen LogP contribution in [0.15, 0.2) is 0 Å². The van der Waals surface area contributed by atoms with Crippen LogP contribution in [0.2, 0.25) is 0 Å². The van der Waals surface area contributed by atoms with Gasteiger partial charge in [-0.25, -0.2) is 4.79 Å². The van der Waals surface area contributed by atoms with Crippen LogP contribution in [0.1, 0.15) is 58.8 Å². The predicted octanol–water partition coefficient (Wildman–Crippen LogP) is 2.55. The van der Waals surface area contributed by atoms with Gasteiger partial charge in [-0.1, -0.05) is 19.3 Å². The van der Waals surface area contributed by atoms with Crippen molar-refractivity contribution >= 4 is 41.2 Å². The Bertz CT molecular complexity index is 598. The van der Waals surface area contributed by atoms with Gasteiger partial charge in [-0.05, 0) is 39.5 Å². The molecule has 0 radical (unpaired) electrons. The van der Waals surface area contributed by atoms with E-state index in [1.54, 1.807) is 23.6 Å². The average molecular weight is 461 g/mol. The molecule has 7 nitrogen and oxygen atoms in total. The van der Waals surface area contributed by atoms with E-state index in [4.69, 9.17) is 10.5 Å². The lowest BCUT2D eigenvalue weighted by Crippen LogP contribution is -2.65. The number of rotatable bonds is 12. The Labute approximate surface area is 188 Å². The molecule has 0 amide bonds. The van der Waals surface area contributed by atoms with Gasteiger partial charge in [0.15, 0.2) is 11.3 Å². The molecule has 30 heavy (non-hydrogen) atoms. The zero-order valence-corrected chi connectivity index (χ0v) is 19.8. The van der Waals surface area contributed by atoms with Gasteiger partial charge in [0, 0.05) is 29.1 Å². The standard InChI is InChI=1S/C21H36N2O5S2/c1-3-28-19(25)17(14-29-12-13-30-16-8-5-4-6-9-16)23-11-7-10-21(23,20(26)27)18(24)15(2)22/h15-17H,3-14,22H2,1-2H3,(H,26,27)/t15?,17-,21?/m0/s1. The lowest BCUT2D eigenvalue weighted by molar-refractivity contribution is -0.162. The average Bonchev–Trinajstić information content (AvgIpc) is 3.16. The number of nitrogens with zero attached hydrogens (tertiary/aromatic N) is 1. The van der Waals surface area contributed by atoms with Crippen LogP contribution in [-0.2, 0) is 19.1 Å². The number of hydrogen-bond acceptors (Lipinski definition) is 8. The Morgan fingerprint density at radius 1 is 1.20 bits per heavy atom. The van der Waals surface area contributed by atoms with Crippen LogP contribution in [0.4, 0.5) is 0 Å². The second kappa shape index (κ2) is 12.3. The van der Waals surface area contributed by atoms with Crippen molar-refractivity contribution < 1.29 is 24.2 Å². The van der Waals surface area contributed by atoms with Crippen molar-refractivity contribution in [2.45, 2.75) is 81.7 Å². The van der Waals surface area contributed by atoms with Crippen LogP contribution in [0.5, 0.6) is 0 Å². The van der Waals surface area contributed by atoms with E-state index >= 15 is 0 Å². The highest BCUT2D eigenvalue weighted by Gasteiger charge is 2.57. The highest BCUT2D eigenvalue weighted by atomic mass is 32.2.